The molecule has 2 atom stereocenters. The van der Waals surface area contributed by atoms with Crippen LogP contribution < -0.4 is 4.90 Å². The van der Waals surface area contributed by atoms with Crippen molar-refractivity contribution in [1.82, 2.24) is 20.0 Å². The van der Waals surface area contributed by atoms with Crippen LogP contribution in [0.25, 0.3) is 11.3 Å². The van der Waals surface area contributed by atoms with E-state index in [-0.39, 0.29) is 17.9 Å². The van der Waals surface area contributed by atoms with Gasteiger partial charge >= 0.3 is 0 Å². The molecule has 3 aliphatic rings. The number of amides is 1. The summed E-state index contributed by atoms with van der Waals surface area (Å²) in [6, 6.07) is 1.91. The number of carbonyl (C=O) groups is 1. The van der Waals surface area contributed by atoms with Crippen molar-refractivity contribution >= 4 is 11.9 Å². The number of morpholine rings is 1. The number of rotatable bonds is 4. The van der Waals surface area contributed by atoms with E-state index in [0.29, 0.717) is 38.1 Å². The summed E-state index contributed by atoms with van der Waals surface area (Å²) in [5.74, 6) is 1.61. The van der Waals surface area contributed by atoms with E-state index in [1.54, 1.807) is 0 Å². The average Bonchev–Trinajstić information content (AvgIpc) is 3.51. The standard InChI is InChI=1S/C22H29N5O4/c1-15-12-19(31-25-15)17-13-23-22(26-7-10-29-11-8-26)24-20(17)16-4-2-6-27(14-16)21(28)18-5-3-9-30-18/h12-13,16,18H,2-11,14H2,1H3/t16-,18+/m0/s1. The average molecular weight is 428 g/mol. The van der Waals surface area contributed by atoms with Crippen LogP contribution in [0, 0.1) is 6.92 Å². The highest BCUT2D eigenvalue weighted by atomic mass is 16.5. The molecule has 0 unspecified atom stereocenters. The molecule has 3 fully saturated rings. The van der Waals surface area contributed by atoms with Crippen LogP contribution in [0.5, 0.6) is 0 Å². The smallest absolute Gasteiger partial charge is 0.251 e. The summed E-state index contributed by atoms with van der Waals surface area (Å²) < 4.78 is 16.7. The highest BCUT2D eigenvalue weighted by Crippen LogP contribution is 2.35. The summed E-state index contributed by atoms with van der Waals surface area (Å²) in [4.78, 5) is 26.7. The van der Waals surface area contributed by atoms with E-state index < -0.39 is 0 Å². The maximum atomic E-state index is 13.0. The van der Waals surface area contributed by atoms with E-state index in [4.69, 9.17) is 19.0 Å². The molecule has 2 aromatic rings. The van der Waals surface area contributed by atoms with Gasteiger partial charge in [-0.25, -0.2) is 9.97 Å². The maximum absolute atomic E-state index is 13.0. The van der Waals surface area contributed by atoms with E-state index in [0.717, 1.165) is 62.3 Å². The quantitative estimate of drug-likeness (QED) is 0.733. The third-order valence-corrected chi connectivity index (χ3v) is 6.32. The highest BCUT2D eigenvalue weighted by Gasteiger charge is 2.34. The number of aryl methyl sites for hydroxylation is 1. The highest BCUT2D eigenvalue weighted by molar-refractivity contribution is 5.81. The lowest BCUT2D eigenvalue weighted by atomic mass is 9.91. The Balaban J connectivity index is 1.45. The lowest BCUT2D eigenvalue weighted by molar-refractivity contribution is -0.142. The van der Waals surface area contributed by atoms with Crippen LogP contribution in [0.4, 0.5) is 5.95 Å². The molecule has 5 rings (SSSR count). The van der Waals surface area contributed by atoms with Gasteiger partial charge in [-0.05, 0) is 32.6 Å². The minimum absolute atomic E-state index is 0.113. The van der Waals surface area contributed by atoms with Gasteiger partial charge in [0.1, 0.15) is 6.10 Å². The van der Waals surface area contributed by atoms with Crippen LogP contribution in [-0.2, 0) is 14.3 Å². The molecule has 3 saturated heterocycles. The normalized spacial score (nSPS) is 24.5. The second-order valence-corrected chi connectivity index (χ2v) is 8.53. The van der Waals surface area contributed by atoms with Gasteiger partial charge in [-0.2, -0.15) is 0 Å². The van der Waals surface area contributed by atoms with E-state index in [9.17, 15) is 4.79 Å². The van der Waals surface area contributed by atoms with E-state index in [1.807, 2.05) is 24.1 Å². The molecule has 31 heavy (non-hydrogen) atoms. The Morgan fingerprint density at radius 2 is 2.00 bits per heavy atom. The Labute approximate surface area is 181 Å². The van der Waals surface area contributed by atoms with Gasteiger partial charge < -0.3 is 23.8 Å². The van der Waals surface area contributed by atoms with Gasteiger partial charge in [0.2, 0.25) is 5.95 Å². The van der Waals surface area contributed by atoms with E-state index in [1.165, 1.54) is 0 Å². The number of nitrogens with zero attached hydrogens (tertiary/aromatic N) is 5. The van der Waals surface area contributed by atoms with Crippen molar-refractivity contribution in [2.75, 3.05) is 50.9 Å². The molecule has 3 aliphatic heterocycles. The molecule has 0 aliphatic carbocycles. The van der Waals surface area contributed by atoms with Crippen molar-refractivity contribution in [3.05, 3.63) is 23.7 Å². The van der Waals surface area contributed by atoms with Gasteiger partial charge in [0.05, 0.1) is 30.2 Å². The Bertz CT molecular complexity index is 920. The van der Waals surface area contributed by atoms with E-state index >= 15 is 0 Å². The largest absolute Gasteiger partial charge is 0.378 e. The molecule has 0 N–H and O–H groups in total. The summed E-state index contributed by atoms with van der Waals surface area (Å²) in [5.41, 5.74) is 2.60. The fraction of sp³-hybridized carbons (Fsp3) is 0.636. The van der Waals surface area contributed by atoms with Gasteiger partial charge in [0, 0.05) is 51.0 Å². The first-order valence-electron chi connectivity index (χ1n) is 11.2. The van der Waals surface area contributed by atoms with Crippen molar-refractivity contribution in [2.24, 2.45) is 0 Å². The summed E-state index contributed by atoms with van der Waals surface area (Å²) in [6.45, 7) is 6.88. The lowest BCUT2D eigenvalue weighted by Crippen LogP contribution is -2.44. The van der Waals surface area contributed by atoms with Crippen molar-refractivity contribution in [3.63, 3.8) is 0 Å². The van der Waals surface area contributed by atoms with Crippen molar-refractivity contribution in [2.45, 2.75) is 44.6 Å². The number of likely N-dealkylation sites (tertiary alicyclic amines) is 1. The van der Waals surface area contributed by atoms with Crippen LogP contribution in [0.1, 0.15) is 43.0 Å². The zero-order valence-corrected chi connectivity index (χ0v) is 18.0. The molecule has 0 saturated carbocycles. The zero-order chi connectivity index (χ0) is 21.2. The molecule has 9 heteroatoms. The maximum Gasteiger partial charge on any atom is 0.251 e. The molecule has 0 aromatic carbocycles. The van der Waals surface area contributed by atoms with Crippen molar-refractivity contribution < 1.29 is 18.8 Å². The lowest BCUT2D eigenvalue weighted by Gasteiger charge is -2.35. The molecule has 1 amide bonds. The molecule has 0 spiro atoms. The number of carbonyl (C=O) groups excluding carboxylic acids is 1. The molecular weight excluding hydrogens is 398 g/mol. The van der Waals surface area contributed by atoms with Crippen LogP contribution in [0.2, 0.25) is 0 Å². The third kappa shape index (κ3) is 4.29. The van der Waals surface area contributed by atoms with Gasteiger partial charge in [0.15, 0.2) is 5.76 Å². The molecule has 2 aromatic heterocycles. The van der Waals surface area contributed by atoms with Crippen molar-refractivity contribution in [1.29, 1.82) is 0 Å². The molecule has 9 nitrogen and oxygen atoms in total. The van der Waals surface area contributed by atoms with Gasteiger partial charge in [-0.15, -0.1) is 0 Å². The fourth-order valence-corrected chi connectivity index (χ4v) is 4.67. The predicted molar refractivity (Wildman–Crippen MR) is 113 cm³/mol. The molecular formula is C22H29N5O4. The predicted octanol–water partition coefficient (Wildman–Crippen LogP) is 2.16. The second-order valence-electron chi connectivity index (χ2n) is 8.53. The minimum atomic E-state index is -0.288. The van der Waals surface area contributed by atoms with Crippen LogP contribution in [-0.4, -0.2) is 78.0 Å². The minimum Gasteiger partial charge on any atom is -0.378 e. The van der Waals surface area contributed by atoms with Gasteiger partial charge in [-0.3, -0.25) is 4.79 Å². The zero-order valence-electron chi connectivity index (χ0n) is 18.0. The van der Waals surface area contributed by atoms with Gasteiger partial charge in [0.25, 0.3) is 5.91 Å². The number of hydrogen-bond acceptors (Lipinski definition) is 8. The van der Waals surface area contributed by atoms with Crippen LogP contribution >= 0.6 is 0 Å². The monoisotopic (exact) mass is 427 g/mol. The molecule has 166 valence electrons. The first-order valence-corrected chi connectivity index (χ1v) is 11.2. The van der Waals surface area contributed by atoms with Gasteiger partial charge in [-0.1, -0.05) is 5.16 Å². The molecule has 0 bridgehead atoms. The Hall–Kier alpha value is -2.52. The number of aromatic nitrogens is 3. The fourth-order valence-electron chi connectivity index (χ4n) is 4.67. The summed E-state index contributed by atoms with van der Waals surface area (Å²) >= 11 is 0. The topological polar surface area (TPSA) is 93.8 Å². The van der Waals surface area contributed by atoms with Crippen LogP contribution in [0.15, 0.2) is 16.8 Å². The van der Waals surface area contributed by atoms with E-state index in [2.05, 4.69) is 15.0 Å². The van der Waals surface area contributed by atoms with Crippen LogP contribution in [0.3, 0.4) is 0 Å². The number of piperidine rings is 1. The second kappa shape index (κ2) is 8.92. The first kappa shape index (κ1) is 20.4. The third-order valence-electron chi connectivity index (χ3n) is 6.32. The molecule has 5 heterocycles. The number of ether oxygens (including phenoxy) is 2. The summed E-state index contributed by atoms with van der Waals surface area (Å²) in [7, 11) is 0. The molecule has 0 radical (unpaired) electrons. The SMILES string of the molecule is Cc1cc(-c2cnc(N3CCOCC3)nc2[C@H]2CCCN(C(=O)[C@H]3CCCO3)C2)on1. The summed E-state index contributed by atoms with van der Waals surface area (Å²) in [5, 5.41) is 4.05. The number of hydrogen-bond donors (Lipinski definition) is 0. The number of anilines is 1. The Kier molecular flexibility index (Phi) is 5.87. The van der Waals surface area contributed by atoms with Crippen molar-refractivity contribution in [3.8, 4) is 11.3 Å². The summed E-state index contributed by atoms with van der Waals surface area (Å²) in [6.07, 6.45) is 5.23. The Morgan fingerprint density at radius 3 is 2.74 bits per heavy atom. The first-order chi connectivity index (χ1) is 15.2. The Morgan fingerprint density at radius 1 is 1.13 bits per heavy atom.